The highest BCUT2D eigenvalue weighted by Gasteiger charge is 2.49. The van der Waals surface area contributed by atoms with Gasteiger partial charge in [-0.2, -0.15) is 0 Å². The molecule has 0 saturated carbocycles. The quantitative estimate of drug-likeness (QED) is 0.390. The maximum absolute atomic E-state index is 11.0. The Morgan fingerprint density at radius 1 is 0.743 bits per heavy atom. The SMILES string of the molecule is CCO[C@H]1O[C@@H]([C@H](COCc2ccccc2)OCc2ccccc2)[C@@H](OCc2ccccc2)[C@H]1O. The summed E-state index contributed by atoms with van der Waals surface area (Å²) in [6.07, 6.45) is -3.40. The average Bonchev–Trinajstić information content (AvgIpc) is 3.21. The molecular formula is C29H34O6. The molecule has 1 heterocycles. The maximum Gasteiger partial charge on any atom is 0.186 e. The second kappa shape index (κ2) is 13.5. The van der Waals surface area contributed by atoms with Gasteiger partial charge in [0.05, 0.1) is 26.4 Å². The molecule has 1 aliphatic heterocycles. The van der Waals surface area contributed by atoms with Gasteiger partial charge in [0.15, 0.2) is 6.29 Å². The molecule has 1 aliphatic rings. The van der Waals surface area contributed by atoms with Crippen molar-refractivity contribution in [1.82, 2.24) is 0 Å². The number of aliphatic hydroxyl groups excluding tert-OH is 1. The topological polar surface area (TPSA) is 66.4 Å². The number of ether oxygens (including phenoxy) is 5. The molecule has 5 atom stereocenters. The lowest BCUT2D eigenvalue weighted by atomic mass is 10.1. The summed E-state index contributed by atoms with van der Waals surface area (Å²) in [5.41, 5.74) is 3.13. The summed E-state index contributed by atoms with van der Waals surface area (Å²) in [6.45, 7) is 3.75. The Labute approximate surface area is 207 Å². The molecule has 186 valence electrons. The predicted molar refractivity (Wildman–Crippen MR) is 132 cm³/mol. The van der Waals surface area contributed by atoms with Crippen molar-refractivity contribution < 1.29 is 28.8 Å². The van der Waals surface area contributed by atoms with Gasteiger partial charge in [0, 0.05) is 6.61 Å². The van der Waals surface area contributed by atoms with Crippen LogP contribution in [0.5, 0.6) is 0 Å². The summed E-state index contributed by atoms with van der Waals surface area (Å²) in [4.78, 5) is 0. The van der Waals surface area contributed by atoms with Gasteiger partial charge in [-0.05, 0) is 23.6 Å². The van der Waals surface area contributed by atoms with Crippen molar-refractivity contribution in [2.45, 2.75) is 57.5 Å². The van der Waals surface area contributed by atoms with Crippen molar-refractivity contribution in [2.24, 2.45) is 0 Å². The van der Waals surface area contributed by atoms with E-state index in [2.05, 4.69) is 0 Å². The second-order valence-corrected chi connectivity index (χ2v) is 8.51. The summed E-state index contributed by atoms with van der Waals surface area (Å²) in [7, 11) is 0. The van der Waals surface area contributed by atoms with E-state index in [1.165, 1.54) is 0 Å². The smallest absolute Gasteiger partial charge is 0.186 e. The molecule has 0 spiro atoms. The molecule has 6 heteroatoms. The Balaban J connectivity index is 1.48. The molecular weight excluding hydrogens is 444 g/mol. The Hall–Kier alpha value is -2.58. The summed E-state index contributed by atoms with van der Waals surface area (Å²) >= 11 is 0. The van der Waals surface area contributed by atoms with Crippen LogP contribution in [0.15, 0.2) is 91.0 Å². The fraction of sp³-hybridized carbons (Fsp3) is 0.379. The van der Waals surface area contributed by atoms with E-state index < -0.39 is 30.7 Å². The molecule has 0 unspecified atom stereocenters. The Morgan fingerprint density at radius 3 is 1.86 bits per heavy atom. The van der Waals surface area contributed by atoms with Crippen LogP contribution in [-0.2, 0) is 43.5 Å². The van der Waals surface area contributed by atoms with Crippen LogP contribution in [-0.4, -0.2) is 49.0 Å². The third-order valence-corrected chi connectivity index (χ3v) is 5.91. The van der Waals surface area contributed by atoms with E-state index in [1.54, 1.807) is 0 Å². The van der Waals surface area contributed by atoms with E-state index in [9.17, 15) is 5.11 Å². The van der Waals surface area contributed by atoms with Gasteiger partial charge in [-0.25, -0.2) is 0 Å². The van der Waals surface area contributed by atoms with E-state index >= 15 is 0 Å². The van der Waals surface area contributed by atoms with Gasteiger partial charge >= 0.3 is 0 Å². The number of benzene rings is 3. The highest BCUT2D eigenvalue weighted by Crippen LogP contribution is 2.30. The van der Waals surface area contributed by atoms with Crippen LogP contribution in [0.4, 0.5) is 0 Å². The molecule has 3 aromatic carbocycles. The average molecular weight is 479 g/mol. The third kappa shape index (κ3) is 7.45. The number of hydrogen-bond acceptors (Lipinski definition) is 6. The summed E-state index contributed by atoms with van der Waals surface area (Å²) in [6, 6.07) is 29.8. The van der Waals surface area contributed by atoms with Crippen molar-refractivity contribution >= 4 is 0 Å². The lowest BCUT2D eigenvalue weighted by Crippen LogP contribution is -2.44. The predicted octanol–water partition coefficient (Wildman–Crippen LogP) is 4.50. The molecule has 0 aromatic heterocycles. The lowest BCUT2D eigenvalue weighted by molar-refractivity contribution is -0.189. The lowest BCUT2D eigenvalue weighted by Gasteiger charge is -2.28. The van der Waals surface area contributed by atoms with Gasteiger partial charge in [-0.1, -0.05) is 91.0 Å². The van der Waals surface area contributed by atoms with Crippen molar-refractivity contribution in [3.8, 4) is 0 Å². The van der Waals surface area contributed by atoms with Gasteiger partial charge in [0.1, 0.15) is 24.4 Å². The standard InChI is InChI=1S/C29H34O6/c1-2-32-29-26(30)28(34-20-24-16-10-5-11-17-24)27(35-29)25(33-19-23-14-8-4-9-15-23)21-31-18-22-12-6-3-7-13-22/h3-17,25-30H,2,18-21H2,1H3/t25-,26+,27-,28-,29-/m0/s1. The number of aliphatic hydroxyl groups is 1. The minimum Gasteiger partial charge on any atom is -0.385 e. The van der Waals surface area contributed by atoms with Gasteiger partial charge in [-0.3, -0.25) is 0 Å². The van der Waals surface area contributed by atoms with E-state index in [0.717, 1.165) is 16.7 Å². The molecule has 0 amide bonds. The zero-order chi connectivity index (χ0) is 24.3. The number of rotatable bonds is 13. The third-order valence-electron chi connectivity index (χ3n) is 5.91. The van der Waals surface area contributed by atoms with E-state index in [0.29, 0.717) is 26.4 Å². The number of hydrogen-bond donors (Lipinski definition) is 1. The molecule has 0 aliphatic carbocycles. The molecule has 4 rings (SSSR count). The zero-order valence-electron chi connectivity index (χ0n) is 20.1. The first-order valence-corrected chi connectivity index (χ1v) is 12.1. The van der Waals surface area contributed by atoms with Gasteiger partial charge in [-0.15, -0.1) is 0 Å². The Bertz CT molecular complexity index is 968. The molecule has 0 radical (unpaired) electrons. The first-order chi connectivity index (χ1) is 17.2. The zero-order valence-corrected chi connectivity index (χ0v) is 20.1. The van der Waals surface area contributed by atoms with Crippen LogP contribution in [0, 0.1) is 0 Å². The van der Waals surface area contributed by atoms with Crippen molar-refractivity contribution in [2.75, 3.05) is 13.2 Å². The van der Waals surface area contributed by atoms with Gasteiger partial charge < -0.3 is 28.8 Å². The molecule has 0 bridgehead atoms. The van der Waals surface area contributed by atoms with Crippen molar-refractivity contribution in [3.05, 3.63) is 108 Å². The van der Waals surface area contributed by atoms with Crippen LogP contribution in [0.2, 0.25) is 0 Å². The Kier molecular flexibility index (Phi) is 9.84. The summed E-state index contributed by atoms with van der Waals surface area (Å²) in [5.74, 6) is 0. The monoisotopic (exact) mass is 478 g/mol. The highest BCUT2D eigenvalue weighted by molar-refractivity contribution is 5.15. The first kappa shape index (κ1) is 25.5. The van der Waals surface area contributed by atoms with E-state index in [-0.39, 0.29) is 6.61 Å². The van der Waals surface area contributed by atoms with E-state index in [1.807, 2.05) is 97.9 Å². The second-order valence-electron chi connectivity index (χ2n) is 8.51. The van der Waals surface area contributed by atoms with Gasteiger partial charge in [0.2, 0.25) is 0 Å². The molecule has 6 nitrogen and oxygen atoms in total. The van der Waals surface area contributed by atoms with Crippen molar-refractivity contribution in [1.29, 1.82) is 0 Å². The minimum absolute atomic E-state index is 0.281. The van der Waals surface area contributed by atoms with Crippen LogP contribution in [0.25, 0.3) is 0 Å². The Morgan fingerprint density at radius 2 is 1.29 bits per heavy atom. The molecule has 1 N–H and O–H groups in total. The summed E-state index contributed by atoms with van der Waals surface area (Å²) in [5, 5.41) is 11.0. The van der Waals surface area contributed by atoms with Crippen LogP contribution in [0.3, 0.4) is 0 Å². The van der Waals surface area contributed by atoms with Crippen LogP contribution < -0.4 is 0 Å². The van der Waals surface area contributed by atoms with Crippen LogP contribution in [0.1, 0.15) is 23.6 Å². The minimum atomic E-state index is -0.944. The maximum atomic E-state index is 11.0. The largest absolute Gasteiger partial charge is 0.385 e. The fourth-order valence-electron chi connectivity index (χ4n) is 4.11. The normalized spacial score (nSPS) is 22.8. The molecule has 3 aromatic rings. The first-order valence-electron chi connectivity index (χ1n) is 12.1. The summed E-state index contributed by atoms with van der Waals surface area (Å²) < 4.78 is 30.4. The molecule has 35 heavy (non-hydrogen) atoms. The molecule has 1 saturated heterocycles. The molecule has 1 fully saturated rings. The van der Waals surface area contributed by atoms with Gasteiger partial charge in [0.25, 0.3) is 0 Å². The van der Waals surface area contributed by atoms with Crippen molar-refractivity contribution in [3.63, 3.8) is 0 Å². The highest BCUT2D eigenvalue weighted by atomic mass is 16.7. The fourth-order valence-corrected chi connectivity index (χ4v) is 4.11. The van der Waals surface area contributed by atoms with Crippen LogP contribution >= 0.6 is 0 Å². The van der Waals surface area contributed by atoms with E-state index in [4.69, 9.17) is 23.7 Å².